The SMILES string of the molecule is COCC(F)(F)Oc1ccc(B2OC(C)(C)C(C)(C)O2)cc1. The Morgan fingerprint density at radius 3 is 2.00 bits per heavy atom. The van der Waals surface area contributed by atoms with Crippen LogP contribution in [0.3, 0.4) is 0 Å². The molecule has 1 fully saturated rings. The zero-order valence-electron chi connectivity index (χ0n) is 13.5. The zero-order valence-corrected chi connectivity index (χ0v) is 13.5. The third-order valence-electron chi connectivity index (χ3n) is 3.99. The molecule has 0 spiro atoms. The highest BCUT2D eigenvalue weighted by atomic mass is 19.3. The van der Waals surface area contributed by atoms with E-state index < -0.39 is 31.0 Å². The van der Waals surface area contributed by atoms with Crippen LogP contribution in [0, 0.1) is 0 Å². The van der Waals surface area contributed by atoms with Crippen LogP contribution in [0.25, 0.3) is 0 Å². The summed E-state index contributed by atoms with van der Waals surface area (Å²) in [4.78, 5) is 0. The molecule has 0 bridgehead atoms. The maximum atomic E-state index is 13.3. The van der Waals surface area contributed by atoms with Crippen LogP contribution in [0.15, 0.2) is 24.3 Å². The highest BCUT2D eigenvalue weighted by Crippen LogP contribution is 2.36. The van der Waals surface area contributed by atoms with Crippen LogP contribution in [0.2, 0.25) is 0 Å². The Morgan fingerprint density at radius 1 is 1.05 bits per heavy atom. The maximum Gasteiger partial charge on any atom is 0.494 e. The van der Waals surface area contributed by atoms with Crippen molar-refractivity contribution in [3.05, 3.63) is 24.3 Å². The smallest absolute Gasteiger partial charge is 0.431 e. The molecule has 1 aromatic carbocycles. The topological polar surface area (TPSA) is 36.9 Å². The number of halogens is 2. The molecule has 1 aromatic rings. The predicted molar refractivity (Wildman–Crippen MR) is 79.6 cm³/mol. The van der Waals surface area contributed by atoms with Gasteiger partial charge in [0, 0.05) is 7.11 Å². The first-order valence-electron chi connectivity index (χ1n) is 7.08. The molecule has 22 heavy (non-hydrogen) atoms. The summed E-state index contributed by atoms with van der Waals surface area (Å²) < 4.78 is 47.4. The van der Waals surface area contributed by atoms with Gasteiger partial charge in [-0.3, -0.25) is 0 Å². The van der Waals surface area contributed by atoms with Gasteiger partial charge in [0.1, 0.15) is 12.4 Å². The van der Waals surface area contributed by atoms with Crippen molar-refractivity contribution < 1.29 is 27.6 Å². The van der Waals surface area contributed by atoms with Gasteiger partial charge in [-0.2, -0.15) is 8.78 Å². The van der Waals surface area contributed by atoms with Gasteiger partial charge in [-0.1, -0.05) is 12.1 Å². The van der Waals surface area contributed by atoms with E-state index in [1.165, 1.54) is 19.2 Å². The van der Waals surface area contributed by atoms with E-state index in [0.717, 1.165) is 5.46 Å². The van der Waals surface area contributed by atoms with Crippen molar-refractivity contribution >= 4 is 12.6 Å². The minimum Gasteiger partial charge on any atom is -0.431 e. The monoisotopic (exact) mass is 314 g/mol. The van der Waals surface area contributed by atoms with Gasteiger partial charge in [0.25, 0.3) is 0 Å². The van der Waals surface area contributed by atoms with E-state index in [9.17, 15) is 8.78 Å². The molecule has 0 N–H and O–H groups in total. The normalized spacial score (nSPS) is 20.2. The summed E-state index contributed by atoms with van der Waals surface area (Å²) in [5.74, 6) is 0.0577. The van der Waals surface area contributed by atoms with E-state index in [1.54, 1.807) is 12.1 Å². The predicted octanol–water partition coefficient (Wildman–Crippen LogP) is 2.60. The summed E-state index contributed by atoms with van der Waals surface area (Å²) in [6, 6.07) is 6.23. The standard InChI is InChI=1S/C15H21BF2O4/c1-13(2)14(3,4)22-16(21-13)11-6-8-12(9-7-11)20-15(17,18)10-19-5/h6-9H,10H2,1-5H3. The van der Waals surface area contributed by atoms with Crippen molar-refractivity contribution in [1.82, 2.24) is 0 Å². The number of hydrogen-bond donors (Lipinski definition) is 0. The summed E-state index contributed by atoms with van der Waals surface area (Å²) in [6.07, 6.45) is -3.36. The van der Waals surface area contributed by atoms with Crippen LogP contribution in [0.4, 0.5) is 8.78 Å². The highest BCUT2D eigenvalue weighted by molar-refractivity contribution is 6.62. The second kappa shape index (κ2) is 5.79. The van der Waals surface area contributed by atoms with Crippen molar-refractivity contribution in [3.63, 3.8) is 0 Å². The summed E-state index contributed by atoms with van der Waals surface area (Å²) in [7, 11) is 0.664. The van der Waals surface area contributed by atoms with Gasteiger partial charge in [0.15, 0.2) is 0 Å². The highest BCUT2D eigenvalue weighted by Gasteiger charge is 2.51. The Hall–Kier alpha value is -1.18. The Morgan fingerprint density at radius 2 is 1.55 bits per heavy atom. The van der Waals surface area contributed by atoms with Crippen LogP contribution < -0.4 is 10.2 Å². The van der Waals surface area contributed by atoms with Crippen LogP contribution in [0.1, 0.15) is 27.7 Å². The lowest BCUT2D eigenvalue weighted by atomic mass is 9.79. The molecule has 0 saturated carbocycles. The van der Waals surface area contributed by atoms with Crippen LogP contribution in [0.5, 0.6) is 5.75 Å². The molecule has 1 aliphatic rings. The largest absolute Gasteiger partial charge is 0.494 e. The first-order valence-corrected chi connectivity index (χ1v) is 7.08. The number of hydrogen-bond acceptors (Lipinski definition) is 4. The lowest BCUT2D eigenvalue weighted by Gasteiger charge is -2.32. The molecule has 2 rings (SSSR count). The summed E-state index contributed by atoms with van der Waals surface area (Å²) >= 11 is 0. The zero-order chi connectivity index (χ0) is 16.6. The molecule has 0 unspecified atom stereocenters. The maximum absolute atomic E-state index is 13.3. The van der Waals surface area contributed by atoms with Crippen molar-refractivity contribution in [2.75, 3.05) is 13.7 Å². The van der Waals surface area contributed by atoms with Crippen LogP contribution >= 0.6 is 0 Å². The van der Waals surface area contributed by atoms with Crippen LogP contribution in [-0.2, 0) is 14.0 Å². The Kier molecular flexibility index (Phi) is 4.52. The molecule has 4 nitrogen and oxygen atoms in total. The molecule has 0 atom stereocenters. The number of alkyl halides is 2. The third kappa shape index (κ3) is 3.59. The summed E-state index contributed by atoms with van der Waals surface area (Å²) in [6.45, 7) is 7.02. The molecule has 1 saturated heterocycles. The van der Waals surface area contributed by atoms with Crippen molar-refractivity contribution in [2.45, 2.75) is 45.0 Å². The Bertz CT molecular complexity index is 501. The number of rotatable bonds is 5. The van der Waals surface area contributed by atoms with Gasteiger partial charge in [0.2, 0.25) is 0 Å². The van der Waals surface area contributed by atoms with Gasteiger partial charge in [-0.15, -0.1) is 0 Å². The molecule has 0 aliphatic carbocycles. The van der Waals surface area contributed by atoms with Crippen molar-refractivity contribution in [1.29, 1.82) is 0 Å². The average molecular weight is 314 g/mol. The molecular weight excluding hydrogens is 293 g/mol. The lowest BCUT2D eigenvalue weighted by molar-refractivity contribution is -0.206. The molecule has 1 aliphatic heterocycles. The van der Waals surface area contributed by atoms with E-state index in [1.807, 2.05) is 27.7 Å². The van der Waals surface area contributed by atoms with Gasteiger partial charge < -0.3 is 18.8 Å². The fourth-order valence-corrected chi connectivity index (χ4v) is 2.04. The van der Waals surface area contributed by atoms with E-state index in [-0.39, 0.29) is 5.75 Å². The first-order chi connectivity index (χ1) is 10.1. The second-order valence-electron chi connectivity index (χ2n) is 6.33. The molecule has 0 radical (unpaired) electrons. The molecule has 0 aromatic heterocycles. The van der Waals surface area contributed by atoms with E-state index in [0.29, 0.717) is 0 Å². The second-order valence-corrected chi connectivity index (χ2v) is 6.33. The average Bonchev–Trinajstić information content (AvgIpc) is 2.58. The van der Waals surface area contributed by atoms with Gasteiger partial charge in [-0.05, 0) is 45.3 Å². The van der Waals surface area contributed by atoms with Crippen molar-refractivity contribution in [2.24, 2.45) is 0 Å². The van der Waals surface area contributed by atoms with Crippen LogP contribution in [-0.4, -0.2) is 38.1 Å². The molecule has 122 valence electrons. The van der Waals surface area contributed by atoms with E-state index in [4.69, 9.17) is 9.31 Å². The van der Waals surface area contributed by atoms with E-state index in [2.05, 4.69) is 9.47 Å². The Balaban J connectivity index is 2.07. The first kappa shape index (κ1) is 17.2. The van der Waals surface area contributed by atoms with Gasteiger partial charge in [0.05, 0.1) is 11.2 Å². The number of methoxy groups -OCH3 is 1. The fourth-order valence-electron chi connectivity index (χ4n) is 2.04. The quantitative estimate of drug-likeness (QED) is 0.783. The Labute approximate surface area is 129 Å². The summed E-state index contributed by atoms with van der Waals surface area (Å²) in [5.41, 5.74) is -0.141. The van der Waals surface area contributed by atoms with E-state index >= 15 is 0 Å². The lowest BCUT2D eigenvalue weighted by Crippen LogP contribution is -2.41. The van der Waals surface area contributed by atoms with Gasteiger partial charge in [-0.25, -0.2) is 0 Å². The minimum atomic E-state index is -3.36. The fraction of sp³-hybridized carbons (Fsp3) is 0.600. The number of ether oxygens (including phenoxy) is 2. The third-order valence-corrected chi connectivity index (χ3v) is 3.99. The van der Waals surface area contributed by atoms with Gasteiger partial charge >= 0.3 is 13.2 Å². The molecule has 1 heterocycles. The van der Waals surface area contributed by atoms with Crippen molar-refractivity contribution in [3.8, 4) is 5.75 Å². The number of benzene rings is 1. The molecule has 0 amide bonds. The molecular formula is C15H21BF2O4. The molecule has 7 heteroatoms. The summed E-state index contributed by atoms with van der Waals surface area (Å²) in [5, 5.41) is 0. The minimum absolute atomic E-state index is 0.0577.